The molecule has 0 saturated heterocycles. The molecule has 1 aromatic rings. The predicted octanol–water partition coefficient (Wildman–Crippen LogP) is 6.89. The number of nitrogens with zero attached hydrogens (tertiary/aromatic N) is 1. The van der Waals surface area contributed by atoms with Crippen molar-refractivity contribution >= 4 is 11.6 Å². The molecule has 29 heavy (non-hydrogen) atoms. The van der Waals surface area contributed by atoms with Crippen molar-refractivity contribution in [2.75, 3.05) is 13.1 Å². The van der Waals surface area contributed by atoms with Gasteiger partial charge < -0.3 is 0 Å². The lowest BCUT2D eigenvalue weighted by molar-refractivity contribution is -0.00275. The first-order valence-corrected chi connectivity index (χ1v) is 12.6. The topological polar surface area (TPSA) is 3.24 Å². The number of hydrogen-bond donors (Lipinski definition) is 0. The van der Waals surface area contributed by atoms with Gasteiger partial charge in [-0.2, -0.15) is 0 Å². The Morgan fingerprint density at radius 3 is 2.28 bits per heavy atom. The molecule has 6 rings (SSSR count). The average molecular weight is 410 g/mol. The summed E-state index contributed by atoms with van der Waals surface area (Å²) in [5.41, 5.74) is 2.51. The molecule has 5 fully saturated rings. The minimum atomic E-state index is 0.708. The highest BCUT2D eigenvalue weighted by Gasteiger charge is 2.48. The Morgan fingerprint density at radius 1 is 0.966 bits per heavy atom. The molecular weight excluding hydrogens is 374 g/mol. The normalized spacial score (nSPS) is 33.7. The first kappa shape index (κ1) is 20.0. The zero-order valence-electron chi connectivity index (χ0n) is 18.0. The van der Waals surface area contributed by atoms with E-state index < -0.39 is 0 Å². The number of halogens is 1. The van der Waals surface area contributed by atoms with Crippen LogP contribution in [-0.2, 0) is 0 Å². The molecule has 0 unspecified atom stereocenters. The predicted molar refractivity (Wildman–Crippen MR) is 122 cm³/mol. The second kappa shape index (κ2) is 8.64. The quantitative estimate of drug-likeness (QED) is 0.489. The fourth-order valence-corrected chi connectivity index (χ4v) is 7.80. The first-order valence-electron chi connectivity index (χ1n) is 12.2. The molecule has 0 aromatic heterocycles. The zero-order chi connectivity index (χ0) is 19.8. The van der Waals surface area contributed by atoms with Gasteiger partial charge in [-0.25, -0.2) is 0 Å². The Hall–Kier alpha value is -0.970. The lowest BCUT2D eigenvalue weighted by Gasteiger charge is -2.54. The molecule has 0 heterocycles. The summed E-state index contributed by atoms with van der Waals surface area (Å²) in [6, 6.07) is 7.44. The van der Waals surface area contributed by atoms with Gasteiger partial charge in [0.25, 0.3) is 0 Å². The van der Waals surface area contributed by atoms with E-state index in [2.05, 4.69) is 41.9 Å². The van der Waals surface area contributed by atoms with E-state index in [9.17, 15) is 0 Å². The molecular formula is C27H36ClN. The van der Waals surface area contributed by atoms with Crippen molar-refractivity contribution in [1.82, 2.24) is 4.90 Å². The standard InChI is InChI=1S/C27H36ClN/c1-2-29(24-8-4-3-5-9-24)12-6-7-19-10-11-25(26(28)18-19)27-22-14-20-13-21(16-22)17-23(27)15-20/h10-11,18,20-24,27H,2-5,8-9,12-17H2,1H3. The minimum absolute atomic E-state index is 0.708. The van der Waals surface area contributed by atoms with E-state index in [-0.39, 0.29) is 0 Å². The number of hydrogen-bond acceptors (Lipinski definition) is 1. The van der Waals surface area contributed by atoms with Crippen molar-refractivity contribution in [3.05, 3.63) is 34.3 Å². The SMILES string of the molecule is CCN(CC#Cc1ccc(C2C3CC4CC(C3)CC2C4)c(Cl)c1)C1CCCCC1. The van der Waals surface area contributed by atoms with Crippen LogP contribution in [0.15, 0.2) is 18.2 Å². The summed E-state index contributed by atoms with van der Waals surface area (Å²) in [7, 11) is 0. The van der Waals surface area contributed by atoms with Crippen LogP contribution in [0, 0.1) is 35.5 Å². The summed E-state index contributed by atoms with van der Waals surface area (Å²) < 4.78 is 0. The smallest absolute Gasteiger partial charge is 0.0607 e. The molecule has 1 aromatic carbocycles. The molecule has 0 radical (unpaired) electrons. The Bertz CT molecular complexity index is 753. The van der Waals surface area contributed by atoms with Gasteiger partial charge in [-0.3, -0.25) is 4.90 Å². The van der Waals surface area contributed by atoms with Crippen molar-refractivity contribution in [2.45, 2.75) is 83.1 Å². The van der Waals surface area contributed by atoms with Gasteiger partial charge >= 0.3 is 0 Å². The van der Waals surface area contributed by atoms with Crippen LogP contribution in [0.3, 0.4) is 0 Å². The maximum Gasteiger partial charge on any atom is 0.0607 e. The van der Waals surface area contributed by atoms with Crippen LogP contribution in [-0.4, -0.2) is 24.0 Å². The molecule has 2 heteroatoms. The summed E-state index contributed by atoms with van der Waals surface area (Å²) in [5.74, 6) is 11.4. The minimum Gasteiger partial charge on any atom is -0.290 e. The van der Waals surface area contributed by atoms with E-state index in [0.717, 1.165) is 53.4 Å². The van der Waals surface area contributed by atoms with E-state index in [1.54, 1.807) is 0 Å². The van der Waals surface area contributed by atoms with Crippen LogP contribution in [0.25, 0.3) is 0 Å². The fraction of sp³-hybridized carbons (Fsp3) is 0.704. The molecule has 156 valence electrons. The molecule has 5 aliphatic rings. The second-order valence-corrected chi connectivity index (χ2v) is 10.8. The maximum absolute atomic E-state index is 6.83. The first-order chi connectivity index (χ1) is 14.2. The largest absolute Gasteiger partial charge is 0.290 e. The highest BCUT2D eigenvalue weighted by atomic mass is 35.5. The third-order valence-electron chi connectivity index (χ3n) is 8.60. The van der Waals surface area contributed by atoms with Gasteiger partial charge in [0, 0.05) is 16.6 Å². The van der Waals surface area contributed by atoms with Crippen molar-refractivity contribution in [2.24, 2.45) is 23.7 Å². The van der Waals surface area contributed by atoms with E-state index >= 15 is 0 Å². The molecule has 5 saturated carbocycles. The van der Waals surface area contributed by atoms with Gasteiger partial charge in [-0.15, -0.1) is 0 Å². The van der Waals surface area contributed by atoms with Crippen molar-refractivity contribution in [1.29, 1.82) is 0 Å². The summed E-state index contributed by atoms with van der Waals surface area (Å²) in [4.78, 5) is 2.57. The van der Waals surface area contributed by atoms with E-state index in [0.29, 0.717) is 5.92 Å². The maximum atomic E-state index is 6.83. The van der Waals surface area contributed by atoms with E-state index in [1.807, 2.05) is 0 Å². The van der Waals surface area contributed by atoms with Gasteiger partial charge in [0.2, 0.25) is 0 Å². The number of benzene rings is 1. The second-order valence-electron chi connectivity index (χ2n) is 10.3. The van der Waals surface area contributed by atoms with Crippen molar-refractivity contribution in [3.8, 4) is 11.8 Å². The monoisotopic (exact) mass is 409 g/mol. The van der Waals surface area contributed by atoms with Crippen LogP contribution in [0.1, 0.15) is 88.2 Å². The Balaban J connectivity index is 1.26. The molecule has 0 amide bonds. The lowest BCUT2D eigenvalue weighted by Crippen LogP contribution is -2.43. The molecule has 1 nitrogen and oxygen atoms in total. The molecule has 0 N–H and O–H groups in total. The highest BCUT2D eigenvalue weighted by molar-refractivity contribution is 6.31. The Kier molecular flexibility index (Phi) is 5.95. The van der Waals surface area contributed by atoms with Gasteiger partial charge in [0.05, 0.1) is 6.54 Å². The molecule has 0 spiro atoms. The Morgan fingerprint density at radius 2 is 1.66 bits per heavy atom. The van der Waals surface area contributed by atoms with Gasteiger partial charge in [0.15, 0.2) is 0 Å². The molecule has 0 aliphatic heterocycles. The van der Waals surface area contributed by atoms with Gasteiger partial charge in [-0.1, -0.05) is 55.7 Å². The zero-order valence-corrected chi connectivity index (χ0v) is 18.8. The van der Waals surface area contributed by atoms with Crippen LogP contribution in [0.5, 0.6) is 0 Å². The van der Waals surface area contributed by atoms with Gasteiger partial charge in [-0.05, 0) is 98.8 Å². The lowest BCUT2D eigenvalue weighted by atomic mass is 9.51. The van der Waals surface area contributed by atoms with Crippen LogP contribution in [0.2, 0.25) is 5.02 Å². The number of rotatable bonds is 4. The average Bonchev–Trinajstić information content (AvgIpc) is 2.72. The molecule has 4 bridgehead atoms. The third-order valence-corrected chi connectivity index (χ3v) is 8.93. The fourth-order valence-electron chi connectivity index (χ4n) is 7.50. The van der Waals surface area contributed by atoms with Gasteiger partial charge in [0.1, 0.15) is 0 Å². The molecule has 5 aliphatic carbocycles. The summed E-state index contributed by atoms with van der Waals surface area (Å²) >= 11 is 6.83. The van der Waals surface area contributed by atoms with Crippen molar-refractivity contribution < 1.29 is 0 Å². The summed E-state index contributed by atoms with van der Waals surface area (Å²) in [6.45, 7) is 4.26. The van der Waals surface area contributed by atoms with E-state index in [4.69, 9.17) is 11.6 Å². The van der Waals surface area contributed by atoms with E-state index in [1.165, 1.54) is 69.8 Å². The van der Waals surface area contributed by atoms with Crippen LogP contribution < -0.4 is 0 Å². The summed E-state index contributed by atoms with van der Waals surface area (Å²) in [6.07, 6.45) is 14.2. The van der Waals surface area contributed by atoms with Crippen LogP contribution in [0.4, 0.5) is 0 Å². The van der Waals surface area contributed by atoms with Crippen molar-refractivity contribution in [3.63, 3.8) is 0 Å². The molecule has 0 atom stereocenters. The third kappa shape index (κ3) is 4.13. The van der Waals surface area contributed by atoms with Crippen LogP contribution >= 0.6 is 11.6 Å². The summed E-state index contributed by atoms with van der Waals surface area (Å²) in [5, 5.41) is 0.967. The highest BCUT2D eigenvalue weighted by Crippen LogP contribution is 2.60. The Labute approximate surface area is 182 Å².